The molecule has 2 nitrogen and oxygen atoms in total. The van der Waals surface area contributed by atoms with Gasteiger partial charge in [-0.2, -0.15) is 0 Å². The van der Waals surface area contributed by atoms with Crippen molar-refractivity contribution in [2.24, 2.45) is 0 Å². The van der Waals surface area contributed by atoms with Crippen molar-refractivity contribution in [3.05, 3.63) is 130 Å². The van der Waals surface area contributed by atoms with Gasteiger partial charge in [0.05, 0.1) is 17.1 Å². The van der Waals surface area contributed by atoms with Gasteiger partial charge < -0.3 is 4.90 Å². The van der Waals surface area contributed by atoms with Crippen LogP contribution in [0.2, 0.25) is 0 Å². The van der Waals surface area contributed by atoms with Gasteiger partial charge in [0.15, 0.2) is 0 Å². The van der Waals surface area contributed by atoms with Crippen LogP contribution in [0.5, 0.6) is 0 Å². The second kappa shape index (κ2) is 6.28. The highest BCUT2D eigenvalue weighted by Crippen LogP contribution is 2.58. The molecule has 0 saturated heterocycles. The Hall–Kier alpha value is -4.17. The van der Waals surface area contributed by atoms with Crippen LogP contribution in [0.1, 0.15) is 44.5 Å². The highest BCUT2D eigenvalue weighted by molar-refractivity contribution is 6.01. The standard InChI is InChI=1S/C33H22N2/c1-3-7-26-20(6-1)14-23-16-24-15-22-10-9-21-13-19-5-2-4-8-27(19)31(21)33(22)35-29-11-12-34-18-25(29)17-28(30(23)26)32(24)35/h1-12,16,18H,13-15,17H2. The molecule has 0 bridgehead atoms. The summed E-state index contributed by atoms with van der Waals surface area (Å²) in [4.78, 5) is 7.16. The number of fused-ring (bicyclic) bond motifs is 12. The summed E-state index contributed by atoms with van der Waals surface area (Å²) in [5.41, 5.74) is 21.3. The Labute approximate surface area is 204 Å². The van der Waals surface area contributed by atoms with E-state index in [2.05, 4.69) is 88.9 Å². The highest BCUT2D eigenvalue weighted by atomic mass is 15.2. The van der Waals surface area contributed by atoms with E-state index >= 15 is 0 Å². The largest absolute Gasteiger partial charge is 0.309 e. The van der Waals surface area contributed by atoms with Crippen molar-refractivity contribution in [1.29, 1.82) is 0 Å². The Balaban J connectivity index is 1.40. The zero-order valence-electron chi connectivity index (χ0n) is 19.3. The van der Waals surface area contributed by atoms with Crippen LogP contribution in [0.4, 0.5) is 17.1 Å². The lowest BCUT2D eigenvalue weighted by molar-refractivity contribution is 0.996. The Morgan fingerprint density at radius 3 is 2.11 bits per heavy atom. The minimum Gasteiger partial charge on any atom is -0.309 e. The third-order valence-corrected chi connectivity index (χ3v) is 8.56. The van der Waals surface area contributed by atoms with Gasteiger partial charge in [-0.25, -0.2) is 0 Å². The van der Waals surface area contributed by atoms with Crippen molar-refractivity contribution in [2.45, 2.75) is 25.7 Å². The average Bonchev–Trinajstić information content (AvgIpc) is 3.46. The van der Waals surface area contributed by atoms with Crippen LogP contribution in [0.25, 0.3) is 22.3 Å². The number of pyridine rings is 1. The van der Waals surface area contributed by atoms with Crippen LogP contribution in [0.15, 0.2) is 85.2 Å². The van der Waals surface area contributed by atoms with Crippen molar-refractivity contribution in [3.8, 4) is 22.3 Å². The van der Waals surface area contributed by atoms with E-state index in [0.29, 0.717) is 0 Å². The summed E-state index contributed by atoms with van der Waals surface area (Å²) >= 11 is 0. The van der Waals surface area contributed by atoms with E-state index in [1.807, 2.05) is 6.20 Å². The summed E-state index contributed by atoms with van der Waals surface area (Å²) in [6.45, 7) is 0. The molecule has 0 atom stereocenters. The van der Waals surface area contributed by atoms with Crippen molar-refractivity contribution >= 4 is 17.1 Å². The summed E-state index contributed by atoms with van der Waals surface area (Å²) in [6.07, 6.45) is 8.04. The molecule has 3 heterocycles. The van der Waals surface area contributed by atoms with E-state index in [4.69, 9.17) is 0 Å². The number of anilines is 3. The zero-order valence-corrected chi connectivity index (χ0v) is 19.3. The lowest BCUT2D eigenvalue weighted by Gasteiger charge is -2.41. The first kappa shape index (κ1) is 18.2. The Bertz CT molecular complexity index is 1760. The van der Waals surface area contributed by atoms with E-state index in [1.165, 1.54) is 83.8 Å². The molecule has 0 unspecified atom stereocenters. The first-order valence-corrected chi connectivity index (χ1v) is 12.6. The Morgan fingerprint density at radius 1 is 0.543 bits per heavy atom. The number of hydrogen-bond acceptors (Lipinski definition) is 2. The third kappa shape index (κ3) is 2.23. The minimum atomic E-state index is 0.945. The number of benzene rings is 4. The summed E-state index contributed by atoms with van der Waals surface area (Å²) in [7, 11) is 0. The van der Waals surface area contributed by atoms with E-state index < -0.39 is 0 Å². The number of nitrogens with zero attached hydrogens (tertiary/aromatic N) is 2. The average molecular weight is 447 g/mol. The fourth-order valence-corrected chi connectivity index (χ4v) is 7.21. The third-order valence-electron chi connectivity index (χ3n) is 8.56. The molecule has 2 aliphatic carbocycles. The molecule has 4 aliphatic rings. The fraction of sp³-hybridized carbons (Fsp3) is 0.121. The second-order valence-corrected chi connectivity index (χ2v) is 10.4. The van der Waals surface area contributed by atoms with Gasteiger partial charge in [-0.3, -0.25) is 4.98 Å². The number of rotatable bonds is 0. The van der Waals surface area contributed by atoms with E-state index in [1.54, 1.807) is 0 Å². The maximum Gasteiger partial charge on any atom is 0.0578 e. The molecule has 0 fully saturated rings. The van der Waals surface area contributed by atoms with Crippen LogP contribution < -0.4 is 4.90 Å². The summed E-state index contributed by atoms with van der Waals surface area (Å²) in [5, 5.41) is 0. The van der Waals surface area contributed by atoms with Gasteiger partial charge in [0.2, 0.25) is 0 Å². The van der Waals surface area contributed by atoms with Gasteiger partial charge in [-0.05, 0) is 80.1 Å². The molecule has 2 aliphatic heterocycles. The van der Waals surface area contributed by atoms with E-state index in [9.17, 15) is 0 Å². The number of hydrogen-bond donors (Lipinski definition) is 0. The smallest absolute Gasteiger partial charge is 0.0578 e. The van der Waals surface area contributed by atoms with Crippen LogP contribution >= 0.6 is 0 Å². The SMILES string of the molecule is c1ccc2c(c1)Cc1cc3c4c(c1-2)Cc1cnccc1N4c1c(ccc2c1-c1ccccc1C2)C3. The molecule has 0 N–H and O–H groups in total. The topological polar surface area (TPSA) is 16.1 Å². The maximum absolute atomic E-state index is 4.56. The first-order valence-electron chi connectivity index (χ1n) is 12.6. The quantitative estimate of drug-likeness (QED) is 0.240. The molecule has 1 aromatic heterocycles. The minimum absolute atomic E-state index is 0.945. The number of aromatic nitrogens is 1. The van der Waals surface area contributed by atoms with Gasteiger partial charge in [0, 0.05) is 30.8 Å². The predicted molar refractivity (Wildman–Crippen MR) is 141 cm³/mol. The Kier molecular flexibility index (Phi) is 3.27. The maximum atomic E-state index is 4.56. The van der Waals surface area contributed by atoms with Crippen LogP contribution in [-0.4, -0.2) is 4.98 Å². The van der Waals surface area contributed by atoms with Gasteiger partial charge in [-0.15, -0.1) is 0 Å². The molecular weight excluding hydrogens is 424 g/mol. The molecule has 4 aromatic carbocycles. The summed E-state index contributed by atoms with van der Waals surface area (Å²) in [6, 6.07) is 27.5. The molecule has 164 valence electrons. The van der Waals surface area contributed by atoms with Gasteiger partial charge in [0.25, 0.3) is 0 Å². The zero-order chi connectivity index (χ0) is 22.7. The van der Waals surface area contributed by atoms with Crippen LogP contribution in [0.3, 0.4) is 0 Å². The first-order chi connectivity index (χ1) is 17.3. The molecule has 5 aromatic rings. The normalized spacial score (nSPS) is 14.9. The highest BCUT2D eigenvalue weighted by Gasteiger charge is 2.38. The van der Waals surface area contributed by atoms with E-state index in [0.717, 1.165) is 25.7 Å². The molecule has 0 radical (unpaired) electrons. The van der Waals surface area contributed by atoms with Crippen LogP contribution in [0, 0.1) is 0 Å². The van der Waals surface area contributed by atoms with Crippen molar-refractivity contribution in [1.82, 2.24) is 4.98 Å². The van der Waals surface area contributed by atoms with Gasteiger partial charge in [0.1, 0.15) is 0 Å². The predicted octanol–water partition coefficient (Wildman–Crippen LogP) is 7.50. The lowest BCUT2D eigenvalue weighted by Crippen LogP contribution is -2.26. The molecule has 0 spiro atoms. The molecule has 2 heteroatoms. The summed E-state index contributed by atoms with van der Waals surface area (Å²) in [5.74, 6) is 0. The Morgan fingerprint density at radius 2 is 1.26 bits per heavy atom. The van der Waals surface area contributed by atoms with Gasteiger partial charge in [-0.1, -0.05) is 66.7 Å². The fourth-order valence-electron chi connectivity index (χ4n) is 7.21. The van der Waals surface area contributed by atoms with Crippen molar-refractivity contribution in [2.75, 3.05) is 4.90 Å². The van der Waals surface area contributed by atoms with E-state index in [-0.39, 0.29) is 0 Å². The molecule has 9 rings (SSSR count). The molecule has 0 saturated carbocycles. The molecule has 35 heavy (non-hydrogen) atoms. The summed E-state index contributed by atoms with van der Waals surface area (Å²) < 4.78 is 0. The van der Waals surface area contributed by atoms with Crippen LogP contribution in [-0.2, 0) is 25.7 Å². The second-order valence-electron chi connectivity index (χ2n) is 10.4. The monoisotopic (exact) mass is 446 g/mol. The van der Waals surface area contributed by atoms with Gasteiger partial charge >= 0.3 is 0 Å². The van der Waals surface area contributed by atoms with Crippen molar-refractivity contribution < 1.29 is 0 Å². The van der Waals surface area contributed by atoms with Crippen molar-refractivity contribution in [3.63, 3.8) is 0 Å². The lowest BCUT2D eigenvalue weighted by atomic mass is 9.81. The molecule has 0 amide bonds. The molecular formula is C33H22N2.